The Morgan fingerprint density at radius 1 is 0.941 bits per heavy atom. The molecule has 0 amide bonds. The summed E-state index contributed by atoms with van der Waals surface area (Å²) in [5.74, 6) is 0.112. The molecule has 1 nitrogen and oxygen atoms in total. The van der Waals surface area contributed by atoms with Crippen LogP contribution in [-0.4, -0.2) is 5.11 Å². The smallest absolute Gasteiger partial charge is 0.416 e. The summed E-state index contributed by atoms with van der Waals surface area (Å²) in [4.78, 5) is 0. The van der Waals surface area contributed by atoms with Gasteiger partial charge in [0, 0.05) is 0 Å². The van der Waals surface area contributed by atoms with Crippen LogP contribution in [0.3, 0.4) is 0 Å². The molecule has 2 aromatic carbocycles. The molecule has 2 rings (SSSR count). The normalized spacial score (nSPS) is 11.5. The average Bonchev–Trinajstić information content (AvgIpc) is 2.29. The van der Waals surface area contributed by atoms with Crippen LogP contribution in [0.4, 0.5) is 13.2 Å². The van der Waals surface area contributed by atoms with Crippen LogP contribution < -0.4 is 0 Å². The molecule has 0 bridgehead atoms. The molecular formula is C13H8F3O. The van der Waals surface area contributed by atoms with Crippen LogP contribution in [0.1, 0.15) is 5.56 Å². The molecule has 0 aliphatic rings. The first-order valence-electron chi connectivity index (χ1n) is 4.85. The second-order valence-corrected chi connectivity index (χ2v) is 3.54. The zero-order valence-electron chi connectivity index (χ0n) is 8.62. The lowest BCUT2D eigenvalue weighted by Gasteiger charge is -2.07. The maximum absolute atomic E-state index is 12.3. The van der Waals surface area contributed by atoms with E-state index in [1.807, 2.05) is 0 Å². The highest BCUT2D eigenvalue weighted by Gasteiger charge is 2.29. The predicted molar refractivity (Wildman–Crippen MR) is 57.4 cm³/mol. The number of alkyl halides is 3. The van der Waals surface area contributed by atoms with E-state index in [1.54, 1.807) is 12.1 Å². The van der Waals surface area contributed by atoms with Gasteiger partial charge in [-0.05, 0) is 41.5 Å². The van der Waals surface area contributed by atoms with Crippen LogP contribution in [-0.2, 0) is 6.18 Å². The Morgan fingerprint density at radius 2 is 1.59 bits per heavy atom. The van der Waals surface area contributed by atoms with Crippen LogP contribution in [0.5, 0.6) is 5.75 Å². The Balaban J connectivity index is 2.33. The molecule has 0 heterocycles. The van der Waals surface area contributed by atoms with E-state index >= 15 is 0 Å². The van der Waals surface area contributed by atoms with Gasteiger partial charge in [-0.3, -0.25) is 0 Å². The molecule has 2 aromatic rings. The van der Waals surface area contributed by atoms with Crippen molar-refractivity contribution in [2.45, 2.75) is 6.18 Å². The number of halogens is 3. The number of rotatable bonds is 1. The molecule has 87 valence electrons. The number of hydrogen-bond acceptors (Lipinski definition) is 1. The van der Waals surface area contributed by atoms with Gasteiger partial charge in [0.05, 0.1) is 5.56 Å². The van der Waals surface area contributed by atoms with E-state index in [0.29, 0.717) is 11.1 Å². The highest BCUT2D eigenvalue weighted by molar-refractivity contribution is 5.63. The van der Waals surface area contributed by atoms with Gasteiger partial charge in [-0.25, -0.2) is 0 Å². The molecule has 0 atom stereocenters. The predicted octanol–water partition coefficient (Wildman–Crippen LogP) is 3.88. The molecule has 4 heteroatoms. The third kappa shape index (κ3) is 2.58. The zero-order chi connectivity index (χ0) is 12.5. The summed E-state index contributed by atoms with van der Waals surface area (Å²) in [6, 6.07) is 12.1. The fourth-order valence-corrected chi connectivity index (χ4v) is 1.42. The molecule has 0 aliphatic carbocycles. The average molecular weight is 237 g/mol. The van der Waals surface area contributed by atoms with E-state index in [4.69, 9.17) is 5.11 Å². The van der Waals surface area contributed by atoms with E-state index in [-0.39, 0.29) is 5.75 Å². The maximum Gasteiger partial charge on any atom is 0.416 e. The van der Waals surface area contributed by atoms with E-state index < -0.39 is 11.7 Å². The van der Waals surface area contributed by atoms with Crippen molar-refractivity contribution in [3.63, 3.8) is 0 Å². The SMILES string of the molecule is Oc1ccc(-c2[c]cc(C(F)(F)F)cc2)cc1. The molecule has 0 aromatic heterocycles. The van der Waals surface area contributed by atoms with Gasteiger partial charge in [-0.1, -0.05) is 18.2 Å². The number of phenols is 1. The highest BCUT2D eigenvalue weighted by Crippen LogP contribution is 2.30. The molecule has 0 saturated heterocycles. The van der Waals surface area contributed by atoms with Crippen molar-refractivity contribution in [3.05, 3.63) is 54.1 Å². The Hall–Kier alpha value is -1.97. The van der Waals surface area contributed by atoms with Gasteiger partial charge in [0.2, 0.25) is 0 Å². The van der Waals surface area contributed by atoms with E-state index in [1.165, 1.54) is 18.2 Å². The minimum Gasteiger partial charge on any atom is -0.508 e. The lowest BCUT2D eigenvalue weighted by atomic mass is 10.0. The van der Waals surface area contributed by atoms with E-state index in [9.17, 15) is 13.2 Å². The van der Waals surface area contributed by atoms with Gasteiger partial charge < -0.3 is 5.11 Å². The molecule has 1 radical (unpaired) electrons. The summed E-state index contributed by atoms with van der Waals surface area (Å²) < 4.78 is 37.0. The first kappa shape index (κ1) is 11.5. The highest BCUT2D eigenvalue weighted by atomic mass is 19.4. The van der Waals surface area contributed by atoms with Crippen molar-refractivity contribution in [2.24, 2.45) is 0 Å². The second-order valence-electron chi connectivity index (χ2n) is 3.54. The molecule has 0 spiro atoms. The van der Waals surface area contributed by atoms with Crippen molar-refractivity contribution < 1.29 is 18.3 Å². The molecule has 0 aliphatic heterocycles. The molecule has 0 fully saturated rings. The Labute approximate surface area is 96.1 Å². The largest absolute Gasteiger partial charge is 0.508 e. The summed E-state index contributed by atoms with van der Waals surface area (Å²) in [7, 11) is 0. The fraction of sp³-hybridized carbons (Fsp3) is 0.0769. The summed E-state index contributed by atoms with van der Waals surface area (Å²) in [6.45, 7) is 0. The fourth-order valence-electron chi connectivity index (χ4n) is 1.42. The van der Waals surface area contributed by atoms with Crippen LogP contribution in [0.2, 0.25) is 0 Å². The zero-order valence-corrected chi connectivity index (χ0v) is 8.62. The van der Waals surface area contributed by atoms with Crippen molar-refractivity contribution in [2.75, 3.05) is 0 Å². The van der Waals surface area contributed by atoms with E-state index in [2.05, 4.69) is 6.07 Å². The quantitative estimate of drug-likeness (QED) is 0.798. The van der Waals surface area contributed by atoms with Crippen molar-refractivity contribution >= 4 is 0 Å². The molecular weight excluding hydrogens is 229 g/mol. The number of phenolic OH excluding ortho intramolecular Hbond substituents is 1. The second kappa shape index (κ2) is 4.13. The first-order valence-corrected chi connectivity index (χ1v) is 4.85. The van der Waals surface area contributed by atoms with Gasteiger partial charge >= 0.3 is 6.18 Å². The van der Waals surface area contributed by atoms with Crippen LogP contribution >= 0.6 is 0 Å². The number of benzene rings is 2. The molecule has 1 N–H and O–H groups in total. The first-order chi connectivity index (χ1) is 7.97. The van der Waals surface area contributed by atoms with Crippen LogP contribution in [0.25, 0.3) is 11.1 Å². The third-order valence-corrected chi connectivity index (χ3v) is 2.32. The van der Waals surface area contributed by atoms with Gasteiger partial charge in [-0.15, -0.1) is 0 Å². The number of hydrogen-bond donors (Lipinski definition) is 1. The topological polar surface area (TPSA) is 20.2 Å². The van der Waals surface area contributed by atoms with Gasteiger partial charge in [0.1, 0.15) is 5.75 Å². The van der Waals surface area contributed by atoms with Crippen LogP contribution in [0, 0.1) is 6.07 Å². The van der Waals surface area contributed by atoms with E-state index in [0.717, 1.165) is 12.1 Å². The molecule has 0 unspecified atom stereocenters. The molecule has 17 heavy (non-hydrogen) atoms. The number of aromatic hydroxyl groups is 1. The van der Waals surface area contributed by atoms with Crippen LogP contribution in [0.15, 0.2) is 42.5 Å². The van der Waals surface area contributed by atoms with Crippen molar-refractivity contribution in [1.82, 2.24) is 0 Å². The maximum atomic E-state index is 12.3. The van der Waals surface area contributed by atoms with Gasteiger partial charge in [-0.2, -0.15) is 13.2 Å². The van der Waals surface area contributed by atoms with Gasteiger partial charge in [0.25, 0.3) is 0 Å². The minimum absolute atomic E-state index is 0.112. The summed E-state index contributed by atoms with van der Waals surface area (Å²) in [5, 5.41) is 9.10. The third-order valence-electron chi connectivity index (χ3n) is 2.32. The molecule has 0 saturated carbocycles. The lowest BCUT2D eigenvalue weighted by Crippen LogP contribution is -2.04. The minimum atomic E-state index is -4.34. The van der Waals surface area contributed by atoms with Crippen molar-refractivity contribution in [1.29, 1.82) is 0 Å². The van der Waals surface area contributed by atoms with Gasteiger partial charge in [0.15, 0.2) is 0 Å². The lowest BCUT2D eigenvalue weighted by molar-refractivity contribution is -0.137. The summed E-state index contributed by atoms with van der Waals surface area (Å²) >= 11 is 0. The van der Waals surface area contributed by atoms with Crippen molar-refractivity contribution in [3.8, 4) is 16.9 Å². The monoisotopic (exact) mass is 237 g/mol. The summed E-state index contributed by atoms with van der Waals surface area (Å²) in [6.07, 6.45) is -4.34. The Morgan fingerprint density at radius 3 is 2.06 bits per heavy atom. The standard InChI is InChI=1S/C13H8F3O/c14-13(15,16)11-5-1-9(2-6-11)10-3-7-12(17)8-4-10/h1,3-8,17H. The Kier molecular flexibility index (Phi) is 2.79. The summed E-state index contributed by atoms with van der Waals surface area (Å²) in [5.41, 5.74) is 0.537. The Bertz CT molecular complexity index is 498.